The van der Waals surface area contributed by atoms with Gasteiger partial charge < -0.3 is 14.8 Å². The van der Waals surface area contributed by atoms with Crippen molar-refractivity contribution in [2.24, 2.45) is 0 Å². The summed E-state index contributed by atoms with van der Waals surface area (Å²) in [7, 11) is 1.61. The van der Waals surface area contributed by atoms with Gasteiger partial charge in [-0.15, -0.1) is 22.7 Å². The van der Waals surface area contributed by atoms with Crippen LogP contribution in [0.4, 0.5) is 5.00 Å². The first-order valence-corrected chi connectivity index (χ1v) is 14.1. The predicted molar refractivity (Wildman–Crippen MR) is 154 cm³/mol. The summed E-state index contributed by atoms with van der Waals surface area (Å²) in [6.07, 6.45) is 0.917. The molecular weight excluding hydrogens is 514 g/mol. The third-order valence-corrected chi connectivity index (χ3v) is 8.74. The van der Waals surface area contributed by atoms with Crippen LogP contribution in [-0.4, -0.2) is 36.1 Å². The molecule has 1 aliphatic rings. The lowest BCUT2D eigenvalue weighted by Gasteiger charge is -2.27. The van der Waals surface area contributed by atoms with Crippen LogP contribution in [-0.2, 0) is 24.3 Å². The van der Waals surface area contributed by atoms with Crippen LogP contribution >= 0.6 is 22.7 Å². The van der Waals surface area contributed by atoms with Gasteiger partial charge in [0.15, 0.2) is 6.61 Å². The topological polar surface area (TPSA) is 63.7 Å². The third-order valence-electron chi connectivity index (χ3n) is 6.56. The summed E-state index contributed by atoms with van der Waals surface area (Å²) < 4.78 is 12.1. The lowest BCUT2D eigenvalue weighted by atomic mass is 10.0. The Bertz CT molecular complexity index is 1550. The van der Waals surface area contributed by atoms with Crippen molar-refractivity contribution in [3.63, 3.8) is 0 Å². The smallest absolute Gasteiger partial charge is 0.262 e. The second-order valence-electron chi connectivity index (χ2n) is 9.16. The van der Waals surface area contributed by atoms with Gasteiger partial charge in [0.25, 0.3) is 5.91 Å². The number of aromatic nitrogens is 1. The summed E-state index contributed by atoms with van der Waals surface area (Å²) in [4.78, 5) is 21.7. The number of fused-ring (bicyclic) bond motifs is 2. The third kappa shape index (κ3) is 5.29. The highest BCUT2D eigenvalue weighted by molar-refractivity contribution is 7.22. The fourth-order valence-electron chi connectivity index (χ4n) is 4.73. The van der Waals surface area contributed by atoms with E-state index in [-0.39, 0.29) is 12.5 Å². The molecule has 3 aromatic carbocycles. The molecule has 6 nitrogen and oxygen atoms in total. The van der Waals surface area contributed by atoms with Crippen molar-refractivity contribution in [1.82, 2.24) is 9.88 Å². The molecule has 1 amide bonds. The normalized spacial score (nSPS) is 13.3. The molecule has 6 rings (SSSR count). The lowest BCUT2D eigenvalue weighted by molar-refractivity contribution is -0.118. The van der Waals surface area contributed by atoms with E-state index in [4.69, 9.17) is 14.5 Å². The largest absolute Gasteiger partial charge is 0.497 e. The summed E-state index contributed by atoms with van der Waals surface area (Å²) in [6.45, 7) is 2.63. The zero-order chi connectivity index (χ0) is 25.9. The molecule has 0 unspecified atom stereocenters. The molecule has 0 saturated heterocycles. The van der Waals surface area contributed by atoms with Gasteiger partial charge in [-0.25, -0.2) is 4.98 Å². The number of benzene rings is 3. The first-order valence-electron chi connectivity index (χ1n) is 12.5. The number of thiazole rings is 1. The van der Waals surface area contributed by atoms with Gasteiger partial charge in [0.05, 0.1) is 17.3 Å². The van der Waals surface area contributed by atoms with Gasteiger partial charge in [-0.1, -0.05) is 48.5 Å². The van der Waals surface area contributed by atoms with Crippen LogP contribution in [0, 0.1) is 0 Å². The standard InChI is InChI=1S/C30H27N3O3S2/c1-35-21-10-7-11-22(16-21)36-19-27(34)32-30-28(29-31-24-12-5-6-13-25(24)37-29)23-14-15-33(18-26(23)38-30)17-20-8-3-2-4-9-20/h2-13,16H,14-15,17-19H2,1H3,(H,32,34). The van der Waals surface area contributed by atoms with E-state index in [0.29, 0.717) is 11.5 Å². The Labute approximate surface area is 229 Å². The minimum Gasteiger partial charge on any atom is -0.497 e. The highest BCUT2D eigenvalue weighted by Gasteiger charge is 2.28. The number of hydrogen-bond donors (Lipinski definition) is 1. The van der Waals surface area contributed by atoms with Crippen LogP contribution in [0.25, 0.3) is 20.8 Å². The van der Waals surface area contributed by atoms with Gasteiger partial charge in [-0.3, -0.25) is 9.69 Å². The van der Waals surface area contributed by atoms with E-state index in [1.807, 2.05) is 42.5 Å². The molecule has 0 radical (unpaired) electrons. The molecule has 0 fully saturated rings. The highest BCUT2D eigenvalue weighted by atomic mass is 32.1. The quantitative estimate of drug-likeness (QED) is 0.240. The van der Waals surface area contributed by atoms with Crippen LogP contribution in [0.3, 0.4) is 0 Å². The van der Waals surface area contributed by atoms with Crippen molar-refractivity contribution in [3.05, 3.63) is 94.9 Å². The van der Waals surface area contributed by atoms with Crippen molar-refractivity contribution < 1.29 is 14.3 Å². The number of amides is 1. The number of rotatable bonds is 8. The van der Waals surface area contributed by atoms with Gasteiger partial charge in [0, 0.05) is 36.1 Å². The van der Waals surface area contributed by atoms with Crippen LogP contribution < -0.4 is 14.8 Å². The molecular formula is C30H27N3O3S2. The number of nitrogens with one attached hydrogen (secondary N) is 1. The SMILES string of the molecule is COc1cccc(OCC(=O)Nc2sc3c(c2-c2nc4ccccc4s2)CCN(Cc2ccccc2)C3)c1. The second-order valence-corrected chi connectivity index (χ2v) is 11.3. The first-order chi connectivity index (χ1) is 18.7. The van der Waals surface area contributed by atoms with Crippen molar-refractivity contribution in [2.45, 2.75) is 19.5 Å². The molecule has 0 saturated carbocycles. The Balaban J connectivity index is 1.27. The van der Waals surface area contributed by atoms with Gasteiger partial charge >= 0.3 is 0 Å². The molecule has 2 aromatic heterocycles. The molecule has 38 heavy (non-hydrogen) atoms. The number of para-hydroxylation sites is 1. The summed E-state index contributed by atoms with van der Waals surface area (Å²) >= 11 is 3.33. The average molecular weight is 542 g/mol. The number of anilines is 1. The van der Waals surface area contributed by atoms with Crippen molar-refractivity contribution in [3.8, 4) is 22.1 Å². The van der Waals surface area contributed by atoms with E-state index in [1.165, 1.54) is 16.0 Å². The molecule has 0 atom stereocenters. The summed E-state index contributed by atoms with van der Waals surface area (Å²) in [6, 6.07) is 26.0. The number of methoxy groups -OCH3 is 1. The van der Waals surface area contributed by atoms with Gasteiger partial charge in [-0.2, -0.15) is 0 Å². The Hall–Kier alpha value is -3.72. The minimum absolute atomic E-state index is 0.0881. The molecule has 5 aromatic rings. The minimum atomic E-state index is -0.199. The van der Waals surface area contributed by atoms with Crippen LogP contribution in [0.5, 0.6) is 11.5 Å². The summed E-state index contributed by atoms with van der Waals surface area (Å²) in [5.74, 6) is 1.08. The molecule has 0 aliphatic carbocycles. The van der Waals surface area contributed by atoms with E-state index < -0.39 is 0 Å². The maximum Gasteiger partial charge on any atom is 0.262 e. The monoisotopic (exact) mass is 541 g/mol. The fraction of sp³-hybridized carbons (Fsp3) is 0.200. The molecule has 3 heterocycles. The Morgan fingerprint density at radius 1 is 1.00 bits per heavy atom. The molecule has 192 valence electrons. The second kappa shape index (κ2) is 10.9. The number of carbonyl (C=O) groups excluding carboxylic acids is 1. The number of nitrogens with zero attached hydrogens (tertiary/aromatic N) is 2. The molecule has 1 aliphatic heterocycles. The number of hydrogen-bond acceptors (Lipinski definition) is 7. The zero-order valence-corrected chi connectivity index (χ0v) is 22.6. The lowest BCUT2D eigenvalue weighted by Crippen LogP contribution is -2.29. The predicted octanol–water partition coefficient (Wildman–Crippen LogP) is 6.61. The van der Waals surface area contributed by atoms with Gasteiger partial charge in [0.2, 0.25) is 0 Å². The maximum atomic E-state index is 13.0. The van der Waals surface area contributed by atoms with E-state index >= 15 is 0 Å². The number of thiophene rings is 1. The summed E-state index contributed by atoms with van der Waals surface area (Å²) in [5, 5.41) is 4.94. The summed E-state index contributed by atoms with van der Waals surface area (Å²) in [5.41, 5.74) is 4.64. The van der Waals surface area contributed by atoms with Gasteiger partial charge in [0.1, 0.15) is 21.5 Å². The fourth-order valence-corrected chi connectivity index (χ4v) is 7.15. The van der Waals surface area contributed by atoms with E-state index in [0.717, 1.165) is 51.8 Å². The highest BCUT2D eigenvalue weighted by Crippen LogP contribution is 2.45. The van der Waals surface area contributed by atoms with E-state index in [1.54, 1.807) is 35.8 Å². The molecule has 1 N–H and O–H groups in total. The Kier molecular flexibility index (Phi) is 7.09. The Morgan fingerprint density at radius 2 is 1.82 bits per heavy atom. The zero-order valence-electron chi connectivity index (χ0n) is 21.0. The van der Waals surface area contributed by atoms with Crippen LogP contribution in [0.2, 0.25) is 0 Å². The van der Waals surface area contributed by atoms with E-state index in [2.05, 4.69) is 40.5 Å². The molecule has 0 bridgehead atoms. The first kappa shape index (κ1) is 24.6. The van der Waals surface area contributed by atoms with Crippen LogP contribution in [0.1, 0.15) is 16.0 Å². The van der Waals surface area contributed by atoms with E-state index in [9.17, 15) is 4.79 Å². The maximum absolute atomic E-state index is 13.0. The average Bonchev–Trinajstić information content (AvgIpc) is 3.53. The molecule has 8 heteroatoms. The molecule has 0 spiro atoms. The van der Waals surface area contributed by atoms with Crippen LogP contribution in [0.15, 0.2) is 78.9 Å². The van der Waals surface area contributed by atoms with Crippen molar-refractivity contribution >= 4 is 43.8 Å². The van der Waals surface area contributed by atoms with Crippen molar-refractivity contribution in [1.29, 1.82) is 0 Å². The Morgan fingerprint density at radius 3 is 2.66 bits per heavy atom. The van der Waals surface area contributed by atoms with Crippen molar-refractivity contribution in [2.75, 3.05) is 25.6 Å². The van der Waals surface area contributed by atoms with Gasteiger partial charge in [-0.05, 0) is 41.8 Å². The number of carbonyl (C=O) groups is 1. The number of ether oxygens (including phenoxy) is 2.